The molecule has 0 heterocycles. The molecule has 116 valence electrons. The fourth-order valence-electron chi connectivity index (χ4n) is 2.23. The van der Waals surface area contributed by atoms with Crippen LogP contribution in [0.2, 0.25) is 0 Å². The predicted molar refractivity (Wildman–Crippen MR) is 74.5 cm³/mol. The zero-order chi connectivity index (χ0) is 15.8. The van der Waals surface area contributed by atoms with Gasteiger partial charge in [-0.15, -0.1) is 0 Å². The van der Waals surface area contributed by atoms with Crippen molar-refractivity contribution in [3.63, 3.8) is 0 Å². The molecule has 2 rings (SSSR count). The second-order valence-electron chi connectivity index (χ2n) is 4.64. The van der Waals surface area contributed by atoms with Gasteiger partial charge in [0.15, 0.2) is 9.84 Å². The van der Waals surface area contributed by atoms with Gasteiger partial charge in [-0.05, 0) is 25.0 Å². The Hall–Kier alpha value is -1.23. The van der Waals surface area contributed by atoms with E-state index < -0.39 is 37.7 Å². The van der Waals surface area contributed by atoms with E-state index >= 15 is 0 Å². The number of rotatable bonds is 3. The van der Waals surface area contributed by atoms with Crippen molar-refractivity contribution >= 4 is 34.7 Å². The van der Waals surface area contributed by atoms with Crippen molar-refractivity contribution in [3.8, 4) is 0 Å². The standard InChI is InChI=1S/C13H11F3O4S.Li.H/c14-13(15,16)10-3-1-2-4-11(10)21(19,20)9-6-5-8(7-9)12(17)18;;/h1-5,9H,6-7H2,(H,17,18);;. The van der Waals surface area contributed by atoms with Gasteiger partial charge >= 0.3 is 31.0 Å². The van der Waals surface area contributed by atoms with Gasteiger partial charge in [-0.1, -0.05) is 18.2 Å². The number of alkyl halides is 3. The van der Waals surface area contributed by atoms with Gasteiger partial charge in [0.25, 0.3) is 0 Å². The summed E-state index contributed by atoms with van der Waals surface area (Å²) < 4.78 is 63.4. The SMILES string of the molecule is O=C(O)C1=CCC(S(=O)(=O)c2ccccc2C(F)(F)F)C1.[LiH]. The van der Waals surface area contributed by atoms with Crippen molar-refractivity contribution < 1.29 is 31.5 Å². The van der Waals surface area contributed by atoms with E-state index in [0.29, 0.717) is 6.07 Å². The van der Waals surface area contributed by atoms with E-state index in [1.807, 2.05) is 0 Å². The molecule has 0 aromatic heterocycles. The number of carboxylic acid groups (broad SMARTS) is 1. The molecule has 0 amide bonds. The Balaban J connectivity index is 0.00000242. The van der Waals surface area contributed by atoms with Crippen molar-refractivity contribution in [2.75, 3.05) is 0 Å². The Labute approximate surface area is 137 Å². The maximum absolute atomic E-state index is 12.9. The molecule has 0 fully saturated rings. The summed E-state index contributed by atoms with van der Waals surface area (Å²) >= 11 is 0. The Bertz CT molecular complexity index is 710. The second-order valence-corrected chi connectivity index (χ2v) is 6.83. The van der Waals surface area contributed by atoms with E-state index in [1.165, 1.54) is 12.1 Å². The van der Waals surface area contributed by atoms with Crippen molar-refractivity contribution in [2.45, 2.75) is 29.2 Å². The van der Waals surface area contributed by atoms with E-state index in [-0.39, 0.29) is 37.3 Å². The molecule has 9 heteroatoms. The van der Waals surface area contributed by atoms with E-state index in [9.17, 15) is 26.4 Å². The van der Waals surface area contributed by atoms with Gasteiger partial charge in [0.1, 0.15) is 0 Å². The van der Waals surface area contributed by atoms with Crippen LogP contribution in [-0.2, 0) is 20.8 Å². The normalized spacial score (nSPS) is 18.5. The topological polar surface area (TPSA) is 71.4 Å². The van der Waals surface area contributed by atoms with Crippen molar-refractivity contribution in [2.24, 2.45) is 0 Å². The number of carboxylic acids is 1. The summed E-state index contributed by atoms with van der Waals surface area (Å²) in [7, 11) is -4.25. The van der Waals surface area contributed by atoms with Gasteiger partial charge in [0.05, 0.1) is 15.7 Å². The first kappa shape index (κ1) is 18.8. The number of sulfone groups is 1. The van der Waals surface area contributed by atoms with Crippen LogP contribution in [-0.4, -0.2) is 43.6 Å². The Morgan fingerprint density at radius 2 is 1.82 bits per heavy atom. The van der Waals surface area contributed by atoms with Crippen molar-refractivity contribution in [1.29, 1.82) is 0 Å². The minimum atomic E-state index is -4.79. The molecule has 0 saturated heterocycles. The fourth-order valence-corrected chi connectivity index (χ4v) is 4.09. The third kappa shape index (κ3) is 3.56. The van der Waals surface area contributed by atoms with Gasteiger partial charge in [-0.2, -0.15) is 13.2 Å². The van der Waals surface area contributed by atoms with Crippen molar-refractivity contribution in [1.82, 2.24) is 0 Å². The summed E-state index contributed by atoms with van der Waals surface area (Å²) in [6.07, 6.45) is -3.94. The summed E-state index contributed by atoms with van der Waals surface area (Å²) in [5.74, 6) is -1.25. The van der Waals surface area contributed by atoms with Gasteiger partial charge in [-0.25, -0.2) is 13.2 Å². The molecule has 1 aliphatic carbocycles. The number of hydrogen-bond acceptors (Lipinski definition) is 3. The maximum atomic E-state index is 12.9. The van der Waals surface area contributed by atoms with Gasteiger partial charge in [0, 0.05) is 5.57 Å². The van der Waals surface area contributed by atoms with E-state index in [1.54, 1.807) is 0 Å². The predicted octanol–water partition coefficient (Wildman–Crippen LogP) is 2.00. The summed E-state index contributed by atoms with van der Waals surface area (Å²) in [6.45, 7) is 0. The molecule has 0 bridgehead atoms. The average Bonchev–Trinajstić information content (AvgIpc) is 2.88. The molecule has 0 aliphatic heterocycles. The summed E-state index contributed by atoms with van der Waals surface area (Å²) in [6, 6.07) is 3.92. The molecule has 0 radical (unpaired) electrons. The van der Waals surface area contributed by atoms with E-state index in [4.69, 9.17) is 5.11 Å². The summed E-state index contributed by atoms with van der Waals surface area (Å²) in [4.78, 5) is 9.99. The Kier molecular flexibility index (Phi) is 5.55. The van der Waals surface area contributed by atoms with Crippen LogP contribution in [0.5, 0.6) is 0 Å². The first-order chi connectivity index (χ1) is 9.64. The van der Waals surface area contributed by atoms with Gasteiger partial charge in [0.2, 0.25) is 0 Å². The fraction of sp³-hybridized carbons (Fsp3) is 0.308. The van der Waals surface area contributed by atoms with E-state index in [0.717, 1.165) is 12.1 Å². The number of hydrogen-bond donors (Lipinski definition) is 1. The molecular weight excluding hydrogens is 316 g/mol. The third-order valence-corrected chi connectivity index (χ3v) is 5.49. The molecule has 22 heavy (non-hydrogen) atoms. The number of allylic oxidation sites excluding steroid dienone is 1. The number of aliphatic carboxylic acids is 1. The van der Waals surface area contributed by atoms with Crippen LogP contribution in [0.4, 0.5) is 13.2 Å². The van der Waals surface area contributed by atoms with Crippen molar-refractivity contribution in [3.05, 3.63) is 41.5 Å². The number of halogens is 3. The molecule has 1 atom stereocenters. The first-order valence-electron chi connectivity index (χ1n) is 5.96. The van der Waals surface area contributed by atoms with E-state index in [2.05, 4.69) is 0 Å². The third-order valence-electron chi connectivity index (χ3n) is 3.29. The molecule has 1 aliphatic rings. The molecule has 1 aromatic carbocycles. The second kappa shape index (κ2) is 6.48. The Morgan fingerprint density at radius 1 is 1.23 bits per heavy atom. The summed E-state index contributed by atoms with van der Waals surface area (Å²) in [5.41, 5.74) is -1.32. The van der Waals surface area contributed by atoms with Crippen LogP contribution in [0.15, 0.2) is 40.8 Å². The Morgan fingerprint density at radius 3 is 2.32 bits per heavy atom. The van der Waals surface area contributed by atoms with Crippen LogP contribution < -0.4 is 0 Å². The van der Waals surface area contributed by atoms with Crippen LogP contribution in [0.25, 0.3) is 0 Å². The zero-order valence-electron chi connectivity index (χ0n) is 10.6. The van der Waals surface area contributed by atoms with Gasteiger partial charge < -0.3 is 5.11 Å². The number of benzene rings is 1. The first-order valence-corrected chi connectivity index (χ1v) is 7.51. The van der Waals surface area contributed by atoms with Crippen LogP contribution >= 0.6 is 0 Å². The number of carbonyl (C=O) groups is 1. The molecular formula is C13H12F3LiO4S. The molecule has 0 spiro atoms. The molecule has 1 unspecified atom stereocenters. The van der Waals surface area contributed by atoms with Gasteiger partial charge in [-0.3, -0.25) is 0 Å². The quantitative estimate of drug-likeness (QED) is 0.862. The molecule has 1 aromatic rings. The molecule has 0 saturated carbocycles. The summed E-state index contributed by atoms with van der Waals surface area (Å²) in [5, 5.41) is 7.63. The molecule has 1 N–H and O–H groups in total. The van der Waals surface area contributed by atoms with Crippen LogP contribution in [0.1, 0.15) is 18.4 Å². The average molecular weight is 328 g/mol. The molecule has 4 nitrogen and oxygen atoms in total. The van der Waals surface area contributed by atoms with Crippen LogP contribution in [0, 0.1) is 0 Å². The minimum absolute atomic E-state index is 0. The van der Waals surface area contributed by atoms with Crippen LogP contribution in [0.3, 0.4) is 0 Å². The zero-order valence-corrected chi connectivity index (χ0v) is 11.4. The monoisotopic (exact) mass is 328 g/mol.